The maximum Gasteiger partial charge on any atom is 0.213 e. The molecule has 8 heteroatoms. The third-order valence-electron chi connectivity index (χ3n) is 5.12. The molecule has 0 unspecified atom stereocenters. The minimum absolute atomic E-state index is 0.0578. The summed E-state index contributed by atoms with van der Waals surface area (Å²) in [5.41, 5.74) is 2.72. The summed E-state index contributed by atoms with van der Waals surface area (Å²) in [7, 11) is 0. The minimum Gasteiger partial charge on any atom is -0.507 e. The summed E-state index contributed by atoms with van der Waals surface area (Å²) in [5.74, 6) is 1.07. The molecular formula is C26H20FN3O4. The molecule has 0 aliphatic rings. The van der Waals surface area contributed by atoms with Crippen molar-refractivity contribution in [2.75, 3.05) is 0 Å². The van der Waals surface area contributed by atoms with Gasteiger partial charge in [-0.1, -0.05) is 23.4 Å². The number of aromatic nitrogens is 3. The second-order valence-electron chi connectivity index (χ2n) is 7.58. The van der Waals surface area contributed by atoms with Gasteiger partial charge in [-0.3, -0.25) is 0 Å². The molecule has 0 radical (unpaired) electrons. The molecule has 2 aromatic heterocycles. The fourth-order valence-electron chi connectivity index (χ4n) is 3.39. The second-order valence-corrected chi connectivity index (χ2v) is 7.58. The Morgan fingerprint density at radius 2 is 1.76 bits per heavy atom. The minimum atomic E-state index is -0.365. The van der Waals surface area contributed by atoms with Crippen molar-refractivity contribution in [3.63, 3.8) is 0 Å². The summed E-state index contributed by atoms with van der Waals surface area (Å²) >= 11 is 0. The molecule has 0 amide bonds. The number of hydrogen-bond acceptors (Lipinski definition) is 6. The van der Waals surface area contributed by atoms with Gasteiger partial charge in [-0.15, -0.1) is 0 Å². The van der Waals surface area contributed by atoms with Crippen LogP contribution in [0.15, 0.2) is 89.7 Å². The molecule has 0 fully saturated rings. The van der Waals surface area contributed by atoms with Crippen LogP contribution < -0.4 is 9.47 Å². The predicted molar refractivity (Wildman–Crippen MR) is 123 cm³/mol. The first-order chi connectivity index (χ1) is 16.6. The molecule has 0 saturated carbocycles. The molecule has 3 aromatic carbocycles. The Balaban J connectivity index is 1.31. The van der Waals surface area contributed by atoms with Crippen molar-refractivity contribution < 1.29 is 23.5 Å². The molecule has 0 aliphatic carbocycles. The van der Waals surface area contributed by atoms with Crippen molar-refractivity contribution in [1.82, 2.24) is 14.9 Å². The SMILES string of the molecule is Cc1noc(-c2ccc(OCc3cnn(-c4ccccc4)c3)cc2O)c1Oc1ccc(F)cc1. The summed E-state index contributed by atoms with van der Waals surface area (Å²) < 4.78 is 32.1. The van der Waals surface area contributed by atoms with Crippen molar-refractivity contribution in [3.8, 4) is 40.0 Å². The number of phenols is 1. The van der Waals surface area contributed by atoms with E-state index in [0.29, 0.717) is 28.5 Å². The molecule has 170 valence electrons. The number of halogens is 1. The standard InChI is InChI=1S/C26H20FN3O4/c1-17-25(33-21-9-7-19(27)8-10-21)26(34-29-17)23-12-11-22(13-24(23)31)32-16-18-14-28-30(15-18)20-5-3-2-4-6-20/h2-15,31H,16H2,1H3. The Morgan fingerprint density at radius 1 is 1.00 bits per heavy atom. The van der Waals surface area contributed by atoms with Gasteiger partial charge < -0.3 is 19.1 Å². The van der Waals surface area contributed by atoms with Crippen LogP contribution in [0.2, 0.25) is 0 Å². The molecule has 0 spiro atoms. The van der Waals surface area contributed by atoms with Gasteiger partial charge in [0.25, 0.3) is 0 Å². The van der Waals surface area contributed by atoms with E-state index < -0.39 is 0 Å². The van der Waals surface area contributed by atoms with E-state index in [0.717, 1.165) is 11.3 Å². The zero-order valence-corrected chi connectivity index (χ0v) is 18.2. The Labute approximate surface area is 194 Å². The predicted octanol–water partition coefficient (Wildman–Crippen LogP) is 6.05. The molecule has 0 bridgehead atoms. The van der Waals surface area contributed by atoms with Crippen molar-refractivity contribution in [3.05, 3.63) is 102 Å². The summed E-state index contributed by atoms with van der Waals surface area (Å²) in [6.07, 6.45) is 3.62. The monoisotopic (exact) mass is 457 g/mol. The van der Waals surface area contributed by atoms with Crippen LogP contribution in [0.25, 0.3) is 17.0 Å². The quantitative estimate of drug-likeness (QED) is 0.320. The summed E-state index contributed by atoms with van der Waals surface area (Å²) in [5, 5.41) is 18.9. The number of benzene rings is 3. The highest BCUT2D eigenvalue weighted by Gasteiger charge is 2.21. The fraction of sp³-hybridized carbons (Fsp3) is 0.0769. The van der Waals surface area contributed by atoms with Gasteiger partial charge in [0.1, 0.15) is 35.4 Å². The second kappa shape index (κ2) is 9.11. The Bertz CT molecular complexity index is 1410. The molecule has 5 aromatic rings. The van der Waals surface area contributed by atoms with Crippen LogP contribution in [0.1, 0.15) is 11.3 Å². The van der Waals surface area contributed by atoms with Crippen molar-refractivity contribution >= 4 is 0 Å². The third-order valence-corrected chi connectivity index (χ3v) is 5.12. The van der Waals surface area contributed by atoms with Gasteiger partial charge in [0.2, 0.25) is 5.76 Å². The van der Waals surface area contributed by atoms with E-state index in [1.165, 1.54) is 30.3 Å². The first-order valence-electron chi connectivity index (χ1n) is 10.5. The first-order valence-corrected chi connectivity index (χ1v) is 10.5. The fourth-order valence-corrected chi connectivity index (χ4v) is 3.39. The number of ether oxygens (including phenoxy) is 2. The number of phenolic OH excluding ortho intramolecular Hbond substituents is 1. The Kier molecular flexibility index (Phi) is 5.70. The lowest BCUT2D eigenvalue weighted by molar-refractivity contribution is 0.304. The number of nitrogens with zero attached hydrogens (tertiary/aromatic N) is 3. The molecule has 1 N–H and O–H groups in total. The van der Waals surface area contributed by atoms with Gasteiger partial charge in [0, 0.05) is 17.8 Å². The Hall–Kier alpha value is -4.59. The lowest BCUT2D eigenvalue weighted by Crippen LogP contribution is -1.95. The van der Waals surface area contributed by atoms with E-state index in [1.807, 2.05) is 36.5 Å². The molecule has 2 heterocycles. The highest BCUT2D eigenvalue weighted by Crippen LogP contribution is 2.41. The smallest absolute Gasteiger partial charge is 0.213 e. The van der Waals surface area contributed by atoms with E-state index in [9.17, 15) is 9.50 Å². The average molecular weight is 457 g/mol. The first kappa shape index (κ1) is 21.3. The topological polar surface area (TPSA) is 82.5 Å². The van der Waals surface area contributed by atoms with Crippen LogP contribution in [-0.4, -0.2) is 20.0 Å². The van der Waals surface area contributed by atoms with Crippen LogP contribution in [0.5, 0.6) is 23.0 Å². The largest absolute Gasteiger partial charge is 0.507 e. The highest BCUT2D eigenvalue weighted by molar-refractivity contribution is 5.72. The lowest BCUT2D eigenvalue weighted by Gasteiger charge is -2.09. The third kappa shape index (κ3) is 4.47. The maximum absolute atomic E-state index is 13.2. The number of aryl methyl sites for hydroxylation is 1. The normalized spacial score (nSPS) is 10.9. The number of rotatable bonds is 7. The van der Waals surface area contributed by atoms with E-state index >= 15 is 0 Å². The zero-order chi connectivity index (χ0) is 23.5. The summed E-state index contributed by atoms with van der Waals surface area (Å²) in [6.45, 7) is 2.00. The van der Waals surface area contributed by atoms with Crippen LogP contribution in [0, 0.1) is 12.7 Å². The zero-order valence-electron chi connectivity index (χ0n) is 18.2. The molecule has 0 saturated heterocycles. The van der Waals surface area contributed by atoms with Gasteiger partial charge in [-0.25, -0.2) is 9.07 Å². The van der Waals surface area contributed by atoms with Crippen LogP contribution in [0.4, 0.5) is 4.39 Å². The number of aromatic hydroxyl groups is 1. The highest BCUT2D eigenvalue weighted by atomic mass is 19.1. The molecular weight excluding hydrogens is 437 g/mol. The average Bonchev–Trinajstić information content (AvgIpc) is 3.47. The van der Waals surface area contributed by atoms with Gasteiger partial charge in [0.05, 0.1) is 17.4 Å². The van der Waals surface area contributed by atoms with E-state index in [-0.39, 0.29) is 23.9 Å². The van der Waals surface area contributed by atoms with Gasteiger partial charge >= 0.3 is 0 Å². The molecule has 0 aliphatic heterocycles. The molecule has 5 rings (SSSR count). The van der Waals surface area contributed by atoms with Crippen LogP contribution in [-0.2, 0) is 6.61 Å². The van der Waals surface area contributed by atoms with Gasteiger partial charge in [-0.05, 0) is 55.5 Å². The van der Waals surface area contributed by atoms with Crippen molar-refractivity contribution in [2.24, 2.45) is 0 Å². The van der Waals surface area contributed by atoms with E-state index in [4.69, 9.17) is 14.0 Å². The van der Waals surface area contributed by atoms with Gasteiger partial charge in [-0.2, -0.15) is 5.10 Å². The summed E-state index contributed by atoms with van der Waals surface area (Å²) in [6, 6.07) is 20.3. The van der Waals surface area contributed by atoms with Gasteiger partial charge in [0.15, 0.2) is 5.75 Å². The van der Waals surface area contributed by atoms with Crippen molar-refractivity contribution in [1.29, 1.82) is 0 Å². The van der Waals surface area contributed by atoms with Crippen LogP contribution >= 0.6 is 0 Å². The van der Waals surface area contributed by atoms with Crippen molar-refractivity contribution in [2.45, 2.75) is 13.5 Å². The molecule has 34 heavy (non-hydrogen) atoms. The Morgan fingerprint density at radius 3 is 2.53 bits per heavy atom. The van der Waals surface area contributed by atoms with Crippen LogP contribution in [0.3, 0.4) is 0 Å². The van der Waals surface area contributed by atoms with E-state index in [2.05, 4.69) is 10.3 Å². The lowest BCUT2D eigenvalue weighted by atomic mass is 10.1. The number of hydrogen-bond donors (Lipinski definition) is 1. The molecule has 7 nitrogen and oxygen atoms in total. The summed E-state index contributed by atoms with van der Waals surface area (Å²) in [4.78, 5) is 0. The maximum atomic E-state index is 13.2. The molecule has 0 atom stereocenters. The van der Waals surface area contributed by atoms with E-state index in [1.54, 1.807) is 29.9 Å². The number of para-hydroxylation sites is 1.